The van der Waals surface area contributed by atoms with Gasteiger partial charge in [-0.1, -0.05) is 48.5 Å². The van der Waals surface area contributed by atoms with E-state index in [9.17, 15) is 17.7 Å². The Labute approximate surface area is 219 Å². The SMILES string of the molecule is CCN(CC)S(=O)(=O)c1sc(C)c([NH2+]C2=NS(=O)N=C2NC(c2cc(C(C)(C)C)co2)C(C)C)c1O. The third kappa shape index (κ3) is 5.75. The van der Waals surface area contributed by atoms with Crippen LogP contribution in [-0.4, -0.2) is 46.8 Å². The first-order chi connectivity index (χ1) is 16.7. The smallest absolute Gasteiger partial charge is 0.284 e. The molecule has 3 heterocycles. The lowest BCUT2D eigenvalue weighted by molar-refractivity contribution is -0.440. The van der Waals surface area contributed by atoms with Gasteiger partial charge in [-0.15, -0.1) is 20.1 Å². The highest BCUT2D eigenvalue weighted by molar-refractivity contribution is 7.91. The summed E-state index contributed by atoms with van der Waals surface area (Å²) in [6.07, 6.45) is 1.74. The van der Waals surface area contributed by atoms with Gasteiger partial charge < -0.3 is 14.8 Å². The van der Waals surface area contributed by atoms with Crippen molar-refractivity contribution in [3.05, 3.63) is 28.5 Å². The molecule has 0 saturated heterocycles. The van der Waals surface area contributed by atoms with Crippen LogP contribution in [0, 0.1) is 12.8 Å². The van der Waals surface area contributed by atoms with E-state index in [-0.39, 0.29) is 33.2 Å². The van der Waals surface area contributed by atoms with Gasteiger partial charge in [0.25, 0.3) is 27.0 Å². The van der Waals surface area contributed by atoms with Crippen LogP contribution in [0.3, 0.4) is 0 Å². The topological polar surface area (TPSA) is 141 Å². The van der Waals surface area contributed by atoms with Gasteiger partial charge >= 0.3 is 0 Å². The van der Waals surface area contributed by atoms with Crippen LogP contribution in [0.15, 0.2) is 29.8 Å². The summed E-state index contributed by atoms with van der Waals surface area (Å²) in [5.74, 6) is 1.04. The number of rotatable bonds is 8. The summed E-state index contributed by atoms with van der Waals surface area (Å²) >= 11 is -0.842. The Hall–Kier alpha value is -2.06. The van der Waals surface area contributed by atoms with Crippen LogP contribution in [0.1, 0.15) is 70.7 Å². The van der Waals surface area contributed by atoms with Crippen molar-refractivity contribution < 1.29 is 27.5 Å². The molecule has 2 unspecified atom stereocenters. The number of nitrogens with two attached hydrogens (primary N) is 1. The van der Waals surface area contributed by atoms with Gasteiger partial charge in [0.2, 0.25) is 11.6 Å². The molecule has 36 heavy (non-hydrogen) atoms. The number of sulfonamides is 1. The number of furan rings is 1. The number of hydrogen-bond donors (Lipinski definition) is 3. The molecular formula is C23H36N5O5S3+. The maximum Gasteiger partial charge on any atom is 0.284 e. The van der Waals surface area contributed by atoms with E-state index in [4.69, 9.17) is 4.42 Å². The number of hydrogen-bond acceptors (Lipinski definition) is 7. The molecule has 0 aliphatic carbocycles. The van der Waals surface area contributed by atoms with Gasteiger partial charge in [0.05, 0.1) is 17.2 Å². The monoisotopic (exact) mass is 558 g/mol. The molecule has 0 radical (unpaired) electrons. The molecule has 2 aromatic heterocycles. The molecule has 1 aliphatic rings. The van der Waals surface area contributed by atoms with E-state index in [0.29, 0.717) is 29.5 Å². The van der Waals surface area contributed by atoms with Crippen LogP contribution < -0.4 is 10.6 Å². The molecule has 10 nitrogen and oxygen atoms in total. The third-order valence-corrected chi connectivity index (χ3v) is 10.3. The van der Waals surface area contributed by atoms with Crippen molar-refractivity contribution in [1.82, 2.24) is 9.62 Å². The van der Waals surface area contributed by atoms with Gasteiger partial charge in [0.15, 0.2) is 9.90 Å². The largest absolute Gasteiger partial charge is 0.501 e. The summed E-state index contributed by atoms with van der Waals surface area (Å²) in [7, 11) is -3.84. The second-order valence-electron chi connectivity index (χ2n) is 9.94. The van der Waals surface area contributed by atoms with Crippen molar-refractivity contribution in [2.75, 3.05) is 13.1 Å². The molecular weight excluding hydrogens is 522 g/mol. The summed E-state index contributed by atoms with van der Waals surface area (Å²) in [6.45, 7) is 16.2. The maximum absolute atomic E-state index is 13.0. The lowest BCUT2D eigenvalue weighted by Crippen LogP contribution is -2.85. The Morgan fingerprint density at radius 2 is 1.89 bits per heavy atom. The maximum atomic E-state index is 13.0. The highest BCUT2D eigenvalue weighted by Crippen LogP contribution is 2.40. The molecule has 4 N–H and O–H groups in total. The Morgan fingerprint density at radius 3 is 2.42 bits per heavy atom. The van der Waals surface area contributed by atoms with Gasteiger partial charge in [-0.3, -0.25) is 5.32 Å². The summed E-state index contributed by atoms with van der Waals surface area (Å²) in [4.78, 5) is 0.597. The molecule has 3 rings (SSSR count). The Morgan fingerprint density at radius 1 is 1.25 bits per heavy atom. The number of amidine groups is 2. The average Bonchev–Trinajstić information content (AvgIpc) is 3.46. The third-order valence-electron chi connectivity index (χ3n) is 5.97. The number of aryl methyl sites for hydroxylation is 1. The standard InChI is InChI=1S/C23H35N5O5S3/c1-9-28(10-2)36(31,32)22-19(29)18(14(5)34-22)25-21-20(26-35(30)27-21)24-17(13(3)4)16-11-15(12-33-16)23(6,7)8/h11-13,17,29H,9-10H2,1-8H3,(H,24,26)(H,25,27)/p+1. The molecule has 0 bridgehead atoms. The van der Waals surface area contributed by atoms with Crippen molar-refractivity contribution in [1.29, 1.82) is 0 Å². The minimum Gasteiger partial charge on any atom is -0.501 e. The zero-order valence-electron chi connectivity index (χ0n) is 21.9. The molecule has 200 valence electrons. The fraction of sp³-hybridized carbons (Fsp3) is 0.565. The summed E-state index contributed by atoms with van der Waals surface area (Å²) in [5, 5.41) is 15.7. The summed E-state index contributed by atoms with van der Waals surface area (Å²) in [6, 6.07) is 1.73. The van der Waals surface area contributed by atoms with E-state index in [1.807, 2.05) is 19.9 Å². The van der Waals surface area contributed by atoms with E-state index < -0.39 is 21.2 Å². The van der Waals surface area contributed by atoms with E-state index in [1.54, 1.807) is 27.0 Å². The molecule has 0 fully saturated rings. The fourth-order valence-corrected chi connectivity index (χ4v) is 7.55. The quantitative estimate of drug-likeness (QED) is 0.454. The van der Waals surface area contributed by atoms with Crippen molar-refractivity contribution in [2.24, 2.45) is 14.7 Å². The molecule has 13 heteroatoms. The minimum atomic E-state index is -3.84. The Balaban J connectivity index is 1.90. The van der Waals surface area contributed by atoms with Crippen molar-refractivity contribution in [3.63, 3.8) is 0 Å². The number of nitrogens with one attached hydrogen (secondary N) is 1. The number of aromatic hydroxyl groups is 1. The number of quaternary nitrogens is 1. The van der Waals surface area contributed by atoms with Crippen molar-refractivity contribution in [3.8, 4) is 5.75 Å². The molecule has 0 spiro atoms. The second kappa shape index (κ2) is 10.7. The zero-order chi connectivity index (χ0) is 27.0. The predicted octanol–water partition coefficient (Wildman–Crippen LogP) is 3.25. The van der Waals surface area contributed by atoms with Gasteiger partial charge in [-0.05, 0) is 29.9 Å². The molecule has 0 saturated carbocycles. The van der Waals surface area contributed by atoms with Crippen LogP contribution >= 0.6 is 11.3 Å². The first-order valence-electron chi connectivity index (χ1n) is 11.8. The number of thiophene rings is 1. The lowest BCUT2D eigenvalue weighted by atomic mass is 9.88. The highest BCUT2D eigenvalue weighted by atomic mass is 32.2. The van der Waals surface area contributed by atoms with Gasteiger partial charge in [-0.25, -0.2) is 12.6 Å². The minimum absolute atomic E-state index is 0.0762. The molecule has 0 aromatic carbocycles. The summed E-state index contributed by atoms with van der Waals surface area (Å²) < 4.78 is 53.6. The van der Waals surface area contributed by atoms with Gasteiger partial charge in [0, 0.05) is 13.1 Å². The number of nitrogens with zero attached hydrogens (tertiary/aromatic N) is 3. The van der Waals surface area contributed by atoms with Gasteiger partial charge in [-0.2, -0.15) is 4.31 Å². The first kappa shape index (κ1) is 28.5. The predicted molar refractivity (Wildman–Crippen MR) is 144 cm³/mol. The average molecular weight is 559 g/mol. The Kier molecular flexibility index (Phi) is 8.50. The summed E-state index contributed by atoms with van der Waals surface area (Å²) in [5.41, 5.74) is 1.29. The zero-order valence-corrected chi connectivity index (χ0v) is 24.4. The van der Waals surface area contributed by atoms with Crippen LogP contribution in [0.25, 0.3) is 0 Å². The van der Waals surface area contributed by atoms with Crippen molar-refractivity contribution >= 4 is 49.9 Å². The van der Waals surface area contributed by atoms with Crippen molar-refractivity contribution in [2.45, 2.75) is 71.1 Å². The molecule has 1 aliphatic heterocycles. The van der Waals surface area contributed by atoms with E-state index >= 15 is 0 Å². The molecule has 2 atom stereocenters. The normalized spacial score (nSPS) is 17.6. The van der Waals surface area contributed by atoms with E-state index in [2.05, 4.69) is 34.9 Å². The molecule has 0 amide bonds. The van der Waals surface area contributed by atoms with Crippen LogP contribution in [0.5, 0.6) is 5.75 Å². The van der Waals surface area contributed by atoms with Crippen LogP contribution in [0.2, 0.25) is 0 Å². The Bertz CT molecular complexity index is 1300. The van der Waals surface area contributed by atoms with Gasteiger partial charge in [0.1, 0.15) is 5.76 Å². The lowest BCUT2D eigenvalue weighted by Gasteiger charge is -2.21. The van der Waals surface area contributed by atoms with E-state index in [0.717, 1.165) is 22.7 Å². The first-order valence-corrected chi connectivity index (χ1v) is 15.1. The van der Waals surface area contributed by atoms with Crippen LogP contribution in [-0.2, 0) is 26.6 Å². The fourth-order valence-electron chi connectivity index (χ4n) is 3.77. The highest BCUT2D eigenvalue weighted by Gasteiger charge is 2.35. The molecule has 2 aromatic rings. The second-order valence-corrected chi connectivity index (χ2v) is 14.1. The van der Waals surface area contributed by atoms with E-state index in [1.165, 1.54) is 9.62 Å². The van der Waals surface area contributed by atoms with Crippen LogP contribution in [0.4, 0.5) is 5.69 Å².